The van der Waals surface area contributed by atoms with Crippen molar-refractivity contribution in [2.45, 2.75) is 6.54 Å². The van der Waals surface area contributed by atoms with Crippen LogP contribution in [0.15, 0.2) is 48.5 Å². The smallest absolute Gasteiger partial charge is 0.251 e. The highest BCUT2D eigenvalue weighted by atomic mass is 35.5. The van der Waals surface area contributed by atoms with Crippen LogP contribution < -0.4 is 14.8 Å². The van der Waals surface area contributed by atoms with Gasteiger partial charge in [-0.3, -0.25) is 4.79 Å². The fourth-order valence-electron chi connectivity index (χ4n) is 2.07. The number of carbonyl (C=O) groups is 1. The van der Waals surface area contributed by atoms with Crippen LogP contribution in [0.3, 0.4) is 0 Å². The number of hydrogen-bond donors (Lipinski definition) is 2. The second-order valence-electron chi connectivity index (χ2n) is 5.22. The molecule has 0 aromatic heterocycles. The largest absolute Gasteiger partial charge is 0.497 e. The minimum atomic E-state index is -3.54. The summed E-state index contributed by atoms with van der Waals surface area (Å²) >= 11 is 5.99. The number of sulfonamides is 1. The summed E-state index contributed by atoms with van der Waals surface area (Å²) in [6.45, 7) is 0.0970. The maximum Gasteiger partial charge on any atom is 0.251 e. The predicted molar refractivity (Wildman–Crippen MR) is 97.4 cm³/mol. The van der Waals surface area contributed by atoms with Crippen LogP contribution in [0.4, 0.5) is 0 Å². The number of methoxy groups -OCH3 is 1. The Labute approximate surface area is 152 Å². The third kappa shape index (κ3) is 6.04. The summed E-state index contributed by atoms with van der Waals surface area (Å²) in [4.78, 5) is 12.0. The van der Waals surface area contributed by atoms with Gasteiger partial charge in [0.2, 0.25) is 10.0 Å². The van der Waals surface area contributed by atoms with Gasteiger partial charge >= 0.3 is 0 Å². The third-order valence-electron chi connectivity index (χ3n) is 3.43. The van der Waals surface area contributed by atoms with E-state index in [2.05, 4.69) is 10.0 Å². The third-order valence-corrected chi connectivity index (χ3v) is 5.12. The van der Waals surface area contributed by atoms with Crippen molar-refractivity contribution in [3.05, 3.63) is 64.7 Å². The lowest BCUT2D eigenvalue weighted by atomic mass is 10.2. The molecule has 0 saturated carbocycles. The van der Waals surface area contributed by atoms with E-state index in [1.807, 2.05) is 0 Å². The second kappa shape index (κ2) is 8.84. The number of carbonyl (C=O) groups excluding carboxylic acids is 1. The van der Waals surface area contributed by atoms with Gasteiger partial charge in [-0.15, -0.1) is 0 Å². The average molecular weight is 383 g/mol. The molecule has 0 fully saturated rings. The van der Waals surface area contributed by atoms with Gasteiger partial charge in [0.25, 0.3) is 5.91 Å². The van der Waals surface area contributed by atoms with Gasteiger partial charge in [-0.05, 0) is 29.8 Å². The van der Waals surface area contributed by atoms with E-state index in [0.717, 1.165) is 0 Å². The molecule has 2 rings (SSSR count). The molecule has 1 amide bonds. The number of nitrogens with one attached hydrogen (secondary N) is 2. The van der Waals surface area contributed by atoms with Crippen molar-refractivity contribution in [1.29, 1.82) is 0 Å². The summed E-state index contributed by atoms with van der Waals surface area (Å²) in [5, 5.41) is 3.07. The molecule has 0 aliphatic carbocycles. The second-order valence-corrected chi connectivity index (χ2v) is 7.55. The molecule has 0 aliphatic rings. The number of ether oxygens (including phenoxy) is 1. The molecule has 0 atom stereocenters. The summed E-state index contributed by atoms with van der Waals surface area (Å²) in [7, 11) is -2.03. The van der Waals surface area contributed by atoms with E-state index in [4.69, 9.17) is 16.3 Å². The minimum absolute atomic E-state index is 0.00605. The van der Waals surface area contributed by atoms with Gasteiger partial charge in [0.1, 0.15) is 5.75 Å². The Kier molecular flexibility index (Phi) is 6.81. The Hall–Kier alpha value is -2.09. The molecule has 25 heavy (non-hydrogen) atoms. The molecule has 2 aromatic rings. The van der Waals surface area contributed by atoms with Gasteiger partial charge in [-0.1, -0.05) is 35.9 Å². The minimum Gasteiger partial charge on any atom is -0.497 e. The molecule has 0 bridgehead atoms. The van der Waals surface area contributed by atoms with Crippen LogP contribution in [-0.2, 0) is 16.6 Å². The fourth-order valence-corrected chi connectivity index (χ4v) is 3.16. The monoisotopic (exact) mass is 382 g/mol. The van der Waals surface area contributed by atoms with E-state index >= 15 is 0 Å². The summed E-state index contributed by atoms with van der Waals surface area (Å²) < 4.78 is 31.5. The molecule has 0 saturated heterocycles. The van der Waals surface area contributed by atoms with Crippen molar-refractivity contribution in [3.8, 4) is 5.75 Å². The van der Waals surface area contributed by atoms with E-state index in [9.17, 15) is 13.2 Å². The molecule has 6 nitrogen and oxygen atoms in total. The zero-order valence-electron chi connectivity index (χ0n) is 13.7. The van der Waals surface area contributed by atoms with Crippen LogP contribution in [0, 0.1) is 0 Å². The molecule has 134 valence electrons. The first-order chi connectivity index (χ1) is 11.9. The maximum atomic E-state index is 12.0. The van der Waals surface area contributed by atoms with Gasteiger partial charge in [0.15, 0.2) is 0 Å². The molecule has 2 aromatic carbocycles. The van der Waals surface area contributed by atoms with Crippen LogP contribution in [0.25, 0.3) is 0 Å². The molecule has 0 aliphatic heterocycles. The van der Waals surface area contributed by atoms with Crippen molar-refractivity contribution >= 4 is 27.5 Å². The van der Waals surface area contributed by atoms with Crippen LogP contribution in [0.2, 0.25) is 5.02 Å². The first kappa shape index (κ1) is 19.2. The zero-order chi connectivity index (χ0) is 18.3. The number of halogens is 1. The first-order valence-corrected chi connectivity index (χ1v) is 9.57. The van der Waals surface area contributed by atoms with E-state index < -0.39 is 10.0 Å². The molecular weight excluding hydrogens is 364 g/mol. The quantitative estimate of drug-likeness (QED) is 0.733. The molecule has 8 heteroatoms. The Morgan fingerprint density at radius 3 is 2.64 bits per heavy atom. The highest BCUT2D eigenvalue weighted by Gasteiger charge is 2.12. The van der Waals surface area contributed by atoms with Crippen LogP contribution in [-0.4, -0.2) is 33.7 Å². The number of benzene rings is 2. The first-order valence-electron chi connectivity index (χ1n) is 7.54. The topological polar surface area (TPSA) is 84.5 Å². The summed E-state index contributed by atoms with van der Waals surface area (Å²) in [5.74, 6) is -0.0328. The number of rotatable bonds is 8. The zero-order valence-corrected chi connectivity index (χ0v) is 15.2. The summed E-state index contributed by atoms with van der Waals surface area (Å²) in [6, 6.07) is 13.6. The van der Waals surface area contributed by atoms with E-state index in [0.29, 0.717) is 21.9 Å². The summed E-state index contributed by atoms with van der Waals surface area (Å²) in [6.07, 6.45) is 0. The number of hydrogen-bond acceptors (Lipinski definition) is 4. The van der Waals surface area contributed by atoms with Crippen molar-refractivity contribution < 1.29 is 17.9 Å². The van der Waals surface area contributed by atoms with Gasteiger partial charge in [-0.2, -0.15) is 0 Å². The predicted octanol–water partition coefficient (Wildman–Crippen LogP) is 2.20. The lowest BCUT2D eigenvalue weighted by molar-refractivity contribution is 0.0956. The lowest BCUT2D eigenvalue weighted by Crippen LogP contribution is -2.34. The molecule has 0 spiro atoms. The lowest BCUT2D eigenvalue weighted by Gasteiger charge is -2.09. The standard InChI is InChI=1S/C17H19ClN2O4S/c1-24-15-7-4-6-13(11-15)17(21)19-9-10-25(22,23)20-12-14-5-2-3-8-16(14)18/h2-8,11,20H,9-10,12H2,1H3,(H,19,21). The van der Waals surface area contributed by atoms with Crippen molar-refractivity contribution in [1.82, 2.24) is 10.0 Å². The van der Waals surface area contributed by atoms with Crippen molar-refractivity contribution in [3.63, 3.8) is 0 Å². The number of amides is 1. The van der Waals surface area contributed by atoms with Crippen molar-refractivity contribution in [2.24, 2.45) is 0 Å². The summed E-state index contributed by atoms with van der Waals surface area (Å²) in [5.41, 5.74) is 1.09. The maximum absolute atomic E-state index is 12.0. The molecular formula is C17H19ClN2O4S. The molecule has 0 radical (unpaired) electrons. The average Bonchev–Trinajstić information content (AvgIpc) is 2.61. The van der Waals surface area contributed by atoms with Gasteiger partial charge < -0.3 is 10.1 Å². The van der Waals surface area contributed by atoms with Gasteiger partial charge in [-0.25, -0.2) is 13.1 Å². The van der Waals surface area contributed by atoms with E-state index in [1.165, 1.54) is 7.11 Å². The Morgan fingerprint density at radius 1 is 1.16 bits per heavy atom. The van der Waals surface area contributed by atoms with Gasteiger partial charge in [0.05, 0.1) is 12.9 Å². The van der Waals surface area contributed by atoms with Crippen LogP contribution in [0.5, 0.6) is 5.75 Å². The SMILES string of the molecule is COc1cccc(C(=O)NCCS(=O)(=O)NCc2ccccc2Cl)c1. The van der Waals surface area contributed by atoms with Gasteiger partial charge in [0, 0.05) is 23.7 Å². The normalized spacial score (nSPS) is 11.1. The fraction of sp³-hybridized carbons (Fsp3) is 0.235. The molecule has 2 N–H and O–H groups in total. The Bertz CT molecular complexity index is 840. The van der Waals surface area contributed by atoms with Crippen molar-refractivity contribution in [2.75, 3.05) is 19.4 Å². The Morgan fingerprint density at radius 2 is 1.92 bits per heavy atom. The van der Waals surface area contributed by atoms with Crippen LogP contribution in [0.1, 0.15) is 15.9 Å². The van der Waals surface area contributed by atoms with E-state index in [1.54, 1.807) is 48.5 Å². The Balaban J connectivity index is 1.83. The highest BCUT2D eigenvalue weighted by Crippen LogP contribution is 2.14. The van der Waals surface area contributed by atoms with Crippen LogP contribution >= 0.6 is 11.6 Å². The highest BCUT2D eigenvalue weighted by molar-refractivity contribution is 7.89. The van der Waals surface area contributed by atoms with E-state index in [-0.39, 0.29) is 24.7 Å². The molecule has 0 heterocycles. The molecule has 0 unspecified atom stereocenters.